The summed E-state index contributed by atoms with van der Waals surface area (Å²) < 4.78 is 0. The molecule has 13 heavy (non-hydrogen) atoms. The molecular formula is C9H10ClNO2. The highest BCUT2D eigenvalue weighted by Gasteiger charge is 1.94. The van der Waals surface area contributed by atoms with E-state index < -0.39 is 0 Å². The van der Waals surface area contributed by atoms with E-state index in [1.807, 2.05) is 12.1 Å². The number of hydroxylamine groups is 1. The van der Waals surface area contributed by atoms with E-state index in [0.717, 1.165) is 5.56 Å². The van der Waals surface area contributed by atoms with Gasteiger partial charge in [-0.2, -0.15) is 0 Å². The summed E-state index contributed by atoms with van der Waals surface area (Å²) >= 11 is 5.69. The van der Waals surface area contributed by atoms with Gasteiger partial charge in [0.25, 0.3) is 0 Å². The summed E-state index contributed by atoms with van der Waals surface area (Å²) in [5, 5.41) is 0.684. The smallest absolute Gasteiger partial charge is 0.240 e. The lowest BCUT2D eigenvalue weighted by Gasteiger charge is -2.02. The van der Waals surface area contributed by atoms with E-state index in [9.17, 15) is 4.79 Å². The third kappa shape index (κ3) is 3.92. The van der Waals surface area contributed by atoms with Crippen LogP contribution >= 0.6 is 11.6 Å². The molecule has 3 nitrogen and oxygen atoms in total. The van der Waals surface area contributed by atoms with Gasteiger partial charge in [0.15, 0.2) is 0 Å². The van der Waals surface area contributed by atoms with Gasteiger partial charge in [0.1, 0.15) is 0 Å². The van der Waals surface area contributed by atoms with Crippen LogP contribution in [0.5, 0.6) is 0 Å². The molecule has 0 heterocycles. The van der Waals surface area contributed by atoms with Crippen LogP contribution in [0.4, 0.5) is 0 Å². The summed E-state index contributed by atoms with van der Waals surface area (Å²) in [7, 11) is 0. The quantitative estimate of drug-likeness (QED) is 0.756. The highest BCUT2D eigenvalue weighted by atomic mass is 35.5. The van der Waals surface area contributed by atoms with Gasteiger partial charge in [0.05, 0.1) is 6.61 Å². The Morgan fingerprint density at radius 3 is 2.62 bits per heavy atom. The molecule has 1 N–H and O–H groups in total. The summed E-state index contributed by atoms with van der Waals surface area (Å²) in [4.78, 5) is 15.3. The lowest BCUT2D eigenvalue weighted by molar-refractivity contribution is -0.132. The van der Waals surface area contributed by atoms with Crippen molar-refractivity contribution in [1.82, 2.24) is 5.48 Å². The highest BCUT2D eigenvalue weighted by Crippen LogP contribution is 2.09. The number of hydrogen-bond donors (Lipinski definition) is 1. The maximum atomic E-state index is 10.4. The van der Waals surface area contributed by atoms with Gasteiger partial charge in [-0.3, -0.25) is 9.63 Å². The zero-order valence-corrected chi connectivity index (χ0v) is 7.97. The molecule has 1 rings (SSSR count). The Kier molecular flexibility index (Phi) is 3.73. The molecule has 0 radical (unpaired) electrons. The Morgan fingerprint density at radius 2 is 2.08 bits per heavy atom. The van der Waals surface area contributed by atoms with Gasteiger partial charge in [-0.15, -0.1) is 0 Å². The van der Waals surface area contributed by atoms with Crippen molar-refractivity contribution in [2.75, 3.05) is 0 Å². The van der Waals surface area contributed by atoms with Crippen LogP contribution in [0.1, 0.15) is 12.5 Å². The molecule has 1 aromatic carbocycles. The predicted molar refractivity (Wildman–Crippen MR) is 50.1 cm³/mol. The number of benzene rings is 1. The van der Waals surface area contributed by atoms with Crippen molar-refractivity contribution in [3.05, 3.63) is 34.9 Å². The second kappa shape index (κ2) is 4.84. The van der Waals surface area contributed by atoms with Crippen LogP contribution in [-0.2, 0) is 16.2 Å². The number of carbonyl (C=O) groups is 1. The van der Waals surface area contributed by atoms with E-state index in [-0.39, 0.29) is 5.91 Å². The fourth-order valence-electron chi connectivity index (χ4n) is 0.802. The number of hydrogen-bond acceptors (Lipinski definition) is 2. The minimum absolute atomic E-state index is 0.214. The number of nitrogens with one attached hydrogen (secondary N) is 1. The summed E-state index contributed by atoms with van der Waals surface area (Å²) in [6, 6.07) is 7.22. The average Bonchev–Trinajstić information content (AvgIpc) is 2.08. The second-order valence-electron chi connectivity index (χ2n) is 2.57. The molecule has 0 aliphatic rings. The van der Waals surface area contributed by atoms with Gasteiger partial charge >= 0.3 is 0 Å². The maximum Gasteiger partial charge on any atom is 0.240 e. The molecule has 0 atom stereocenters. The summed E-state index contributed by atoms with van der Waals surface area (Å²) in [5.74, 6) is -0.214. The van der Waals surface area contributed by atoms with Crippen molar-refractivity contribution >= 4 is 17.5 Å². The van der Waals surface area contributed by atoms with Crippen LogP contribution in [-0.4, -0.2) is 5.91 Å². The van der Waals surface area contributed by atoms with Crippen molar-refractivity contribution in [3.63, 3.8) is 0 Å². The van der Waals surface area contributed by atoms with Crippen LogP contribution in [0.25, 0.3) is 0 Å². The van der Waals surface area contributed by atoms with Crippen LogP contribution < -0.4 is 5.48 Å². The normalized spacial score (nSPS) is 9.69. The molecule has 4 heteroatoms. The fourth-order valence-corrected chi connectivity index (χ4v) is 0.928. The Balaban J connectivity index is 2.37. The van der Waals surface area contributed by atoms with Crippen molar-refractivity contribution < 1.29 is 9.63 Å². The van der Waals surface area contributed by atoms with Gasteiger partial charge in [0.2, 0.25) is 5.91 Å². The minimum Gasteiger partial charge on any atom is -0.273 e. The Labute approximate surface area is 81.6 Å². The van der Waals surface area contributed by atoms with E-state index in [1.54, 1.807) is 12.1 Å². The molecule has 0 spiro atoms. The molecule has 0 fully saturated rings. The SMILES string of the molecule is CC(=O)NOCc1ccc(Cl)cc1. The van der Waals surface area contributed by atoms with Crippen LogP contribution in [0, 0.1) is 0 Å². The first kappa shape index (κ1) is 10.0. The number of amides is 1. The predicted octanol–water partition coefficient (Wildman–Crippen LogP) is 1.91. The summed E-state index contributed by atoms with van der Waals surface area (Å²) in [6.07, 6.45) is 0. The molecule has 0 aliphatic carbocycles. The minimum atomic E-state index is -0.214. The Morgan fingerprint density at radius 1 is 1.46 bits per heavy atom. The zero-order valence-electron chi connectivity index (χ0n) is 7.21. The first-order valence-corrected chi connectivity index (χ1v) is 4.19. The summed E-state index contributed by atoms with van der Waals surface area (Å²) in [6.45, 7) is 1.73. The molecule has 0 saturated heterocycles. The third-order valence-corrected chi connectivity index (χ3v) is 1.62. The lowest BCUT2D eigenvalue weighted by atomic mass is 10.2. The van der Waals surface area contributed by atoms with Gasteiger partial charge in [0, 0.05) is 11.9 Å². The topological polar surface area (TPSA) is 38.3 Å². The first-order chi connectivity index (χ1) is 6.18. The molecule has 1 aromatic rings. The van der Waals surface area contributed by atoms with Crippen molar-refractivity contribution in [1.29, 1.82) is 0 Å². The third-order valence-electron chi connectivity index (χ3n) is 1.37. The van der Waals surface area contributed by atoms with Gasteiger partial charge < -0.3 is 0 Å². The van der Waals surface area contributed by atoms with E-state index in [0.29, 0.717) is 11.6 Å². The van der Waals surface area contributed by atoms with Gasteiger partial charge in [-0.05, 0) is 17.7 Å². The summed E-state index contributed by atoms with van der Waals surface area (Å²) in [5.41, 5.74) is 3.19. The molecule has 1 amide bonds. The monoisotopic (exact) mass is 199 g/mol. The zero-order chi connectivity index (χ0) is 9.68. The molecule has 0 aliphatic heterocycles. The number of rotatable bonds is 3. The average molecular weight is 200 g/mol. The van der Waals surface area contributed by atoms with E-state index in [1.165, 1.54) is 6.92 Å². The molecule has 0 aromatic heterocycles. The number of halogens is 1. The van der Waals surface area contributed by atoms with Crippen molar-refractivity contribution in [2.24, 2.45) is 0 Å². The molecule has 0 unspecified atom stereocenters. The van der Waals surface area contributed by atoms with E-state index >= 15 is 0 Å². The van der Waals surface area contributed by atoms with Crippen LogP contribution in [0.2, 0.25) is 5.02 Å². The van der Waals surface area contributed by atoms with E-state index in [2.05, 4.69) is 5.48 Å². The highest BCUT2D eigenvalue weighted by molar-refractivity contribution is 6.30. The maximum absolute atomic E-state index is 10.4. The standard InChI is InChI=1S/C9H10ClNO2/c1-7(12)11-13-6-8-2-4-9(10)5-3-8/h2-5H,6H2,1H3,(H,11,12). The largest absolute Gasteiger partial charge is 0.273 e. The number of carbonyl (C=O) groups excluding carboxylic acids is 1. The Bertz CT molecular complexity index is 284. The van der Waals surface area contributed by atoms with Crippen molar-refractivity contribution in [3.8, 4) is 0 Å². The van der Waals surface area contributed by atoms with E-state index in [4.69, 9.17) is 16.4 Å². The van der Waals surface area contributed by atoms with Crippen molar-refractivity contribution in [2.45, 2.75) is 13.5 Å². The van der Waals surface area contributed by atoms with Crippen LogP contribution in [0.3, 0.4) is 0 Å². The van der Waals surface area contributed by atoms with Gasteiger partial charge in [-0.25, -0.2) is 5.48 Å². The lowest BCUT2D eigenvalue weighted by Crippen LogP contribution is -2.19. The molecular weight excluding hydrogens is 190 g/mol. The first-order valence-electron chi connectivity index (χ1n) is 3.81. The molecule has 0 saturated carbocycles. The molecule has 70 valence electrons. The Hall–Kier alpha value is -1.06. The van der Waals surface area contributed by atoms with Gasteiger partial charge in [-0.1, -0.05) is 23.7 Å². The second-order valence-corrected chi connectivity index (χ2v) is 3.01. The fraction of sp³-hybridized carbons (Fsp3) is 0.222. The molecule has 0 bridgehead atoms. The van der Waals surface area contributed by atoms with Crippen LogP contribution in [0.15, 0.2) is 24.3 Å².